The molecule has 2 atom stereocenters. The number of benzene rings is 2. The summed E-state index contributed by atoms with van der Waals surface area (Å²) >= 11 is 0. The molecule has 0 spiro atoms. The number of hydrogen-bond donors (Lipinski definition) is 2. The van der Waals surface area contributed by atoms with Crippen LogP contribution in [-0.4, -0.2) is 61.9 Å². The molecular formula is C26H36N2O4. The number of rotatable bonds is 11. The molecule has 3 rings (SSSR count). The van der Waals surface area contributed by atoms with Gasteiger partial charge in [0.05, 0.1) is 13.7 Å². The lowest BCUT2D eigenvalue weighted by Gasteiger charge is -2.32. The van der Waals surface area contributed by atoms with Gasteiger partial charge in [0.1, 0.15) is 0 Å². The molecular weight excluding hydrogens is 404 g/mol. The fourth-order valence-electron chi connectivity index (χ4n) is 4.27. The molecule has 1 saturated heterocycles. The first-order valence-corrected chi connectivity index (χ1v) is 11.5. The highest BCUT2D eigenvalue weighted by Gasteiger charge is 2.31. The van der Waals surface area contributed by atoms with Gasteiger partial charge in [-0.15, -0.1) is 0 Å². The molecule has 0 bridgehead atoms. The number of nitrogens with one attached hydrogen (secondary N) is 1. The molecule has 1 heterocycles. The van der Waals surface area contributed by atoms with Crippen LogP contribution >= 0.6 is 0 Å². The second-order valence-corrected chi connectivity index (χ2v) is 8.71. The van der Waals surface area contributed by atoms with Gasteiger partial charge in [0.15, 0.2) is 11.5 Å². The largest absolute Gasteiger partial charge is 0.493 e. The molecule has 174 valence electrons. The zero-order chi connectivity index (χ0) is 22.9. The van der Waals surface area contributed by atoms with Gasteiger partial charge in [-0.3, -0.25) is 4.79 Å². The Labute approximate surface area is 191 Å². The van der Waals surface area contributed by atoms with Crippen LogP contribution in [-0.2, 0) is 6.42 Å². The molecule has 2 aromatic carbocycles. The van der Waals surface area contributed by atoms with Crippen molar-refractivity contribution in [1.29, 1.82) is 0 Å². The third-order valence-corrected chi connectivity index (χ3v) is 6.11. The summed E-state index contributed by atoms with van der Waals surface area (Å²) in [6, 6.07) is 16.0. The summed E-state index contributed by atoms with van der Waals surface area (Å²) in [7, 11) is 1.58. The molecule has 0 saturated carbocycles. The summed E-state index contributed by atoms with van der Waals surface area (Å²) in [6.45, 7) is 7.17. The van der Waals surface area contributed by atoms with E-state index < -0.39 is 0 Å². The lowest BCUT2D eigenvalue weighted by atomic mass is 9.89. The number of methoxy groups -OCH3 is 1. The Balaban J connectivity index is 1.73. The van der Waals surface area contributed by atoms with Gasteiger partial charge in [-0.1, -0.05) is 30.3 Å². The van der Waals surface area contributed by atoms with E-state index in [1.807, 2.05) is 11.0 Å². The maximum absolute atomic E-state index is 13.5. The summed E-state index contributed by atoms with van der Waals surface area (Å²) in [4.78, 5) is 15.5. The molecule has 6 nitrogen and oxygen atoms in total. The third-order valence-electron chi connectivity index (χ3n) is 6.11. The van der Waals surface area contributed by atoms with E-state index in [4.69, 9.17) is 14.6 Å². The molecule has 32 heavy (non-hydrogen) atoms. The average Bonchev–Trinajstić information content (AvgIpc) is 3.24. The number of amides is 1. The predicted molar refractivity (Wildman–Crippen MR) is 126 cm³/mol. The Kier molecular flexibility index (Phi) is 8.94. The van der Waals surface area contributed by atoms with E-state index in [-0.39, 0.29) is 18.6 Å². The summed E-state index contributed by atoms with van der Waals surface area (Å²) in [5.41, 5.74) is 1.93. The van der Waals surface area contributed by atoms with Crippen molar-refractivity contribution >= 4 is 5.91 Å². The highest BCUT2D eigenvalue weighted by molar-refractivity contribution is 5.95. The van der Waals surface area contributed by atoms with Gasteiger partial charge in [0.2, 0.25) is 0 Å². The molecule has 2 aromatic rings. The molecule has 6 heteroatoms. The van der Waals surface area contributed by atoms with Crippen molar-refractivity contribution in [2.45, 2.75) is 32.7 Å². The highest BCUT2D eigenvalue weighted by atomic mass is 16.5. The van der Waals surface area contributed by atoms with Crippen molar-refractivity contribution in [3.63, 3.8) is 0 Å². The summed E-state index contributed by atoms with van der Waals surface area (Å²) in [5, 5.41) is 12.5. The minimum Gasteiger partial charge on any atom is -0.493 e. The number of ether oxygens (including phenoxy) is 2. The lowest BCUT2D eigenvalue weighted by Crippen LogP contribution is -2.42. The van der Waals surface area contributed by atoms with Crippen LogP contribution in [0.2, 0.25) is 0 Å². The molecule has 0 radical (unpaired) electrons. The van der Waals surface area contributed by atoms with Gasteiger partial charge in [-0.2, -0.15) is 0 Å². The fraction of sp³-hybridized carbons (Fsp3) is 0.500. The van der Waals surface area contributed by atoms with Crippen LogP contribution in [0.3, 0.4) is 0 Å². The van der Waals surface area contributed by atoms with Crippen LogP contribution in [0.25, 0.3) is 0 Å². The monoisotopic (exact) mass is 440 g/mol. The standard InChI is InChI=1S/C26H36N2O4/c1-19(2)28(18-23-17-27-16-22(23)14-20-8-5-4-6-9-20)26(30)21-10-11-24(31-3)25(15-21)32-13-7-12-29/h4-6,8-11,15,19,22-23,27,29H,7,12-14,16-18H2,1-3H3/t22-,23+/m0/s1. The molecule has 2 N–H and O–H groups in total. The van der Waals surface area contributed by atoms with Crippen LogP contribution in [0.5, 0.6) is 11.5 Å². The summed E-state index contributed by atoms with van der Waals surface area (Å²) in [6.07, 6.45) is 1.54. The Morgan fingerprint density at radius 3 is 2.56 bits per heavy atom. The number of carbonyl (C=O) groups excluding carboxylic acids is 1. The maximum atomic E-state index is 13.5. The van der Waals surface area contributed by atoms with E-state index in [0.717, 1.165) is 19.5 Å². The van der Waals surface area contributed by atoms with Crippen LogP contribution in [0, 0.1) is 11.8 Å². The molecule has 1 amide bonds. The van der Waals surface area contributed by atoms with Crippen molar-refractivity contribution < 1.29 is 19.4 Å². The average molecular weight is 441 g/mol. The number of nitrogens with zero attached hydrogens (tertiary/aromatic N) is 1. The van der Waals surface area contributed by atoms with E-state index in [1.54, 1.807) is 25.3 Å². The van der Waals surface area contributed by atoms with Gasteiger partial charge in [-0.25, -0.2) is 0 Å². The summed E-state index contributed by atoms with van der Waals surface area (Å²) in [5.74, 6) is 2.01. The number of aliphatic hydroxyl groups is 1. The van der Waals surface area contributed by atoms with Crippen LogP contribution in [0.15, 0.2) is 48.5 Å². The van der Waals surface area contributed by atoms with Crippen molar-refractivity contribution in [2.75, 3.05) is 40.0 Å². The van der Waals surface area contributed by atoms with E-state index >= 15 is 0 Å². The minimum atomic E-state index is 0.0000207. The van der Waals surface area contributed by atoms with E-state index in [2.05, 4.69) is 43.4 Å². The molecule has 0 unspecified atom stereocenters. The van der Waals surface area contributed by atoms with Crippen molar-refractivity contribution in [3.8, 4) is 11.5 Å². The van der Waals surface area contributed by atoms with Gasteiger partial charge in [-0.05, 0) is 69.0 Å². The van der Waals surface area contributed by atoms with Gasteiger partial charge in [0, 0.05) is 31.2 Å². The maximum Gasteiger partial charge on any atom is 0.254 e. The predicted octanol–water partition coefficient (Wildman–Crippen LogP) is 3.39. The Bertz CT molecular complexity index is 856. The topological polar surface area (TPSA) is 71.0 Å². The van der Waals surface area contributed by atoms with Crippen LogP contribution in [0.1, 0.15) is 36.2 Å². The smallest absolute Gasteiger partial charge is 0.254 e. The van der Waals surface area contributed by atoms with Crippen LogP contribution < -0.4 is 14.8 Å². The Morgan fingerprint density at radius 2 is 1.88 bits per heavy atom. The zero-order valence-corrected chi connectivity index (χ0v) is 19.4. The molecule has 1 fully saturated rings. The Hall–Kier alpha value is -2.57. The van der Waals surface area contributed by atoms with Crippen LogP contribution in [0.4, 0.5) is 0 Å². The van der Waals surface area contributed by atoms with E-state index in [9.17, 15) is 4.79 Å². The number of carbonyl (C=O) groups is 1. The normalized spacial score (nSPS) is 18.0. The van der Waals surface area contributed by atoms with Crippen molar-refractivity contribution in [3.05, 3.63) is 59.7 Å². The van der Waals surface area contributed by atoms with E-state index in [0.29, 0.717) is 48.5 Å². The molecule has 0 aromatic heterocycles. The highest BCUT2D eigenvalue weighted by Crippen LogP contribution is 2.30. The Morgan fingerprint density at radius 1 is 1.12 bits per heavy atom. The zero-order valence-electron chi connectivity index (χ0n) is 19.4. The first-order chi connectivity index (χ1) is 15.5. The van der Waals surface area contributed by atoms with Gasteiger partial charge >= 0.3 is 0 Å². The summed E-state index contributed by atoms with van der Waals surface area (Å²) < 4.78 is 11.1. The third kappa shape index (κ3) is 6.24. The first-order valence-electron chi connectivity index (χ1n) is 11.5. The second kappa shape index (κ2) is 11.9. The second-order valence-electron chi connectivity index (χ2n) is 8.71. The molecule has 0 aliphatic carbocycles. The van der Waals surface area contributed by atoms with E-state index in [1.165, 1.54) is 5.56 Å². The first kappa shape index (κ1) is 24.1. The fourth-order valence-corrected chi connectivity index (χ4v) is 4.27. The van der Waals surface area contributed by atoms with Gasteiger partial charge < -0.3 is 24.8 Å². The quantitative estimate of drug-likeness (QED) is 0.524. The molecule has 1 aliphatic heterocycles. The van der Waals surface area contributed by atoms with Gasteiger partial charge in [0.25, 0.3) is 5.91 Å². The SMILES string of the molecule is COc1ccc(C(=O)N(C[C@H]2CNC[C@@H]2Cc2ccccc2)C(C)C)cc1OCCCO. The number of aliphatic hydroxyl groups excluding tert-OH is 1. The van der Waals surface area contributed by atoms with Crippen molar-refractivity contribution in [1.82, 2.24) is 10.2 Å². The molecule has 1 aliphatic rings. The lowest BCUT2D eigenvalue weighted by molar-refractivity contribution is 0.0661. The van der Waals surface area contributed by atoms with Crippen molar-refractivity contribution in [2.24, 2.45) is 11.8 Å². The minimum absolute atomic E-state index is 0.0000207. The number of hydrogen-bond acceptors (Lipinski definition) is 5.